The lowest BCUT2D eigenvalue weighted by Crippen LogP contribution is -2.39. The molecule has 0 aliphatic rings. The maximum Gasteiger partial charge on any atom is 0.373 e. The highest BCUT2D eigenvalue weighted by Crippen LogP contribution is 2.21. The average molecular weight is 427 g/mol. The monoisotopic (exact) mass is 426 g/mol. The molecule has 0 bridgehead atoms. The van der Waals surface area contributed by atoms with Gasteiger partial charge in [0.15, 0.2) is 0 Å². The van der Waals surface area contributed by atoms with Crippen molar-refractivity contribution >= 4 is 11.9 Å². The highest BCUT2D eigenvalue weighted by Gasteiger charge is 2.34. The van der Waals surface area contributed by atoms with Gasteiger partial charge in [-0.15, -0.1) is 0 Å². The Morgan fingerprint density at radius 2 is 0.933 bits per heavy atom. The Hall–Kier alpha value is -1.66. The lowest BCUT2D eigenvalue weighted by molar-refractivity contribution is -0.324. The lowest BCUT2D eigenvalue weighted by Gasteiger charge is -2.25. The van der Waals surface area contributed by atoms with Crippen molar-refractivity contribution < 1.29 is 29.3 Å². The highest BCUT2D eigenvalue weighted by molar-refractivity contribution is 5.83. The molecular formula is C24H42O6. The molecule has 0 aliphatic heterocycles. The molecule has 6 heteroatoms. The number of rotatable bonds is 21. The van der Waals surface area contributed by atoms with Crippen molar-refractivity contribution in [1.29, 1.82) is 0 Å². The molecule has 0 saturated heterocycles. The van der Waals surface area contributed by atoms with E-state index in [0.717, 1.165) is 44.3 Å². The minimum Gasteiger partial charge on any atom is -0.396 e. The van der Waals surface area contributed by atoms with Crippen molar-refractivity contribution in [2.75, 3.05) is 6.61 Å². The van der Waals surface area contributed by atoms with E-state index < -0.39 is 17.9 Å². The van der Waals surface area contributed by atoms with Gasteiger partial charge in [-0.1, -0.05) is 96.6 Å². The van der Waals surface area contributed by atoms with Gasteiger partial charge in [0.2, 0.25) is 0 Å². The molecule has 0 heterocycles. The number of ether oxygens (including phenoxy) is 2. The van der Waals surface area contributed by atoms with E-state index >= 15 is 0 Å². The summed E-state index contributed by atoms with van der Waals surface area (Å²) >= 11 is 0. The molecule has 0 fully saturated rings. The van der Waals surface area contributed by atoms with Crippen LogP contribution in [0.4, 0.5) is 0 Å². The van der Waals surface area contributed by atoms with Crippen LogP contribution in [0.25, 0.3) is 0 Å². The van der Waals surface area contributed by atoms with Gasteiger partial charge in [-0.25, -0.2) is 9.59 Å². The molecule has 0 spiro atoms. The predicted octanol–water partition coefficient (Wildman–Crippen LogP) is 5.32. The summed E-state index contributed by atoms with van der Waals surface area (Å²) in [5.74, 6) is -3.97. The molecule has 6 nitrogen and oxygen atoms in total. The molecule has 0 saturated carbocycles. The molecule has 30 heavy (non-hydrogen) atoms. The minimum absolute atomic E-state index is 0.0200. The third-order valence-corrected chi connectivity index (χ3v) is 5.00. The molecule has 0 aromatic carbocycles. The number of esters is 2. The molecule has 0 aromatic heterocycles. The summed E-state index contributed by atoms with van der Waals surface area (Å²) in [6.45, 7) is 6.86. The Bertz CT molecular complexity index is 452. The van der Waals surface area contributed by atoms with Crippen LogP contribution < -0.4 is 0 Å². The van der Waals surface area contributed by atoms with Crippen LogP contribution in [0.1, 0.15) is 103 Å². The van der Waals surface area contributed by atoms with Crippen LogP contribution in [0.2, 0.25) is 0 Å². The van der Waals surface area contributed by atoms with Crippen molar-refractivity contribution in [1.82, 2.24) is 0 Å². The molecule has 174 valence electrons. The number of aliphatic hydroxyl groups is 2. The number of aliphatic hydroxyl groups excluding tert-OH is 1. The van der Waals surface area contributed by atoms with E-state index in [1.54, 1.807) is 0 Å². The standard InChI is InChI=1S/C24H42O6/c1-3-22(26)29-24(28,30-23(27)4-2)20-18-16-14-12-10-8-6-5-7-9-11-13-15-17-19-21-25/h3-4,25,28H,1-2,5-21H2. The quantitative estimate of drug-likeness (QED) is 0.112. The summed E-state index contributed by atoms with van der Waals surface area (Å²) in [5, 5.41) is 19.0. The molecule has 0 unspecified atom stereocenters. The summed E-state index contributed by atoms with van der Waals surface area (Å²) in [4.78, 5) is 22.7. The lowest BCUT2D eigenvalue weighted by atomic mass is 10.0. The maximum atomic E-state index is 11.3. The second-order valence-electron chi connectivity index (χ2n) is 7.74. The zero-order valence-corrected chi connectivity index (χ0v) is 18.6. The van der Waals surface area contributed by atoms with Crippen LogP contribution >= 0.6 is 0 Å². The fraction of sp³-hybridized carbons (Fsp3) is 0.750. The summed E-state index contributed by atoms with van der Waals surface area (Å²) in [5.41, 5.74) is 0. The van der Waals surface area contributed by atoms with Gasteiger partial charge >= 0.3 is 17.9 Å². The Labute approximate surface area is 182 Å². The second-order valence-corrected chi connectivity index (χ2v) is 7.74. The topological polar surface area (TPSA) is 93.1 Å². The second kappa shape index (κ2) is 19.3. The Balaban J connectivity index is 3.65. The number of hydrogen-bond acceptors (Lipinski definition) is 6. The van der Waals surface area contributed by atoms with Gasteiger partial charge in [-0.3, -0.25) is 0 Å². The first-order chi connectivity index (χ1) is 14.5. The van der Waals surface area contributed by atoms with Crippen molar-refractivity contribution in [2.45, 2.75) is 109 Å². The first-order valence-electron chi connectivity index (χ1n) is 11.5. The third-order valence-electron chi connectivity index (χ3n) is 5.00. The smallest absolute Gasteiger partial charge is 0.373 e. The maximum absolute atomic E-state index is 11.3. The van der Waals surface area contributed by atoms with Gasteiger partial charge in [0, 0.05) is 18.8 Å². The van der Waals surface area contributed by atoms with Crippen LogP contribution in [0.5, 0.6) is 0 Å². The Morgan fingerprint density at radius 3 is 1.23 bits per heavy atom. The van der Waals surface area contributed by atoms with Gasteiger partial charge in [0.1, 0.15) is 0 Å². The van der Waals surface area contributed by atoms with Crippen LogP contribution in [-0.4, -0.2) is 34.7 Å². The van der Waals surface area contributed by atoms with Gasteiger partial charge in [0.25, 0.3) is 0 Å². The fourth-order valence-corrected chi connectivity index (χ4v) is 3.28. The summed E-state index contributed by atoms with van der Waals surface area (Å²) in [6.07, 6.45) is 19.0. The van der Waals surface area contributed by atoms with E-state index in [1.165, 1.54) is 57.8 Å². The van der Waals surface area contributed by atoms with E-state index in [-0.39, 0.29) is 6.42 Å². The Kier molecular flexibility index (Phi) is 18.2. The largest absolute Gasteiger partial charge is 0.396 e. The molecule has 0 atom stereocenters. The zero-order chi connectivity index (χ0) is 22.5. The molecular weight excluding hydrogens is 384 g/mol. The van der Waals surface area contributed by atoms with Gasteiger partial charge in [-0.2, -0.15) is 0 Å². The van der Waals surface area contributed by atoms with E-state index in [9.17, 15) is 14.7 Å². The van der Waals surface area contributed by atoms with Crippen molar-refractivity contribution in [3.05, 3.63) is 25.3 Å². The number of hydrogen-bond donors (Lipinski definition) is 2. The normalized spacial score (nSPS) is 11.1. The first kappa shape index (κ1) is 28.3. The van der Waals surface area contributed by atoms with E-state index in [0.29, 0.717) is 13.0 Å². The number of carbonyl (C=O) groups excluding carboxylic acids is 2. The van der Waals surface area contributed by atoms with Gasteiger partial charge in [-0.05, 0) is 12.8 Å². The highest BCUT2D eigenvalue weighted by atomic mass is 16.8. The third kappa shape index (κ3) is 17.2. The van der Waals surface area contributed by atoms with Crippen LogP contribution in [0.3, 0.4) is 0 Å². The first-order valence-corrected chi connectivity index (χ1v) is 11.5. The van der Waals surface area contributed by atoms with Crippen molar-refractivity contribution in [3.63, 3.8) is 0 Å². The average Bonchev–Trinajstić information content (AvgIpc) is 2.73. The fourth-order valence-electron chi connectivity index (χ4n) is 3.28. The minimum atomic E-state index is -2.27. The van der Waals surface area contributed by atoms with Crippen LogP contribution in [0.15, 0.2) is 25.3 Å². The zero-order valence-electron chi connectivity index (χ0n) is 18.6. The molecule has 0 aliphatic carbocycles. The summed E-state index contributed by atoms with van der Waals surface area (Å²) in [7, 11) is 0. The van der Waals surface area contributed by atoms with Crippen LogP contribution in [-0.2, 0) is 19.1 Å². The molecule has 0 radical (unpaired) electrons. The number of unbranched alkanes of at least 4 members (excludes halogenated alkanes) is 14. The Morgan fingerprint density at radius 1 is 0.633 bits per heavy atom. The number of carbonyl (C=O) groups is 2. The molecule has 0 aromatic rings. The van der Waals surface area contributed by atoms with Crippen molar-refractivity contribution in [2.24, 2.45) is 0 Å². The molecule has 2 N–H and O–H groups in total. The van der Waals surface area contributed by atoms with Gasteiger partial charge in [0.05, 0.1) is 6.42 Å². The van der Waals surface area contributed by atoms with E-state index in [4.69, 9.17) is 14.6 Å². The predicted molar refractivity (Wildman–Crippen MR) is 118 cm³/mol. The molecule has 0 amide bonds. The summed E-state index contributed by atoms with van der Waals surface area (Å²) < 4.78 is 9.56. The van der Waals surface area contributed by atoms with Crippen LogP contribution in [0, 0.1) is 0 Å². The summed E-state index contributed by atoms with van der Waals surface area (Å²) in [6, 6.07) is 0. The van der Waals surface area contributed by atoms with E-state index in [2.05, 4.69) is 13.2 Å². The van der Waals surface area contributed by atoms with E-state index in [1.807, 2.05) is 0 Å². The van der Waals surface area contributed by atoms with Gasteiger partial charge < -0.3 is 19.7 Å². The molecule has 0 rings (SSSR count). The SMILES string of the molecule is C=CC(=O)OC(O)(CCCCCCCCCCCCCCCCCO)OC(=O)C=C. The van der Waals surface area contributed by atoms with Crippen molar-refractivity contribution in [3.8, 4) is 0 Å².